The summed E-state index contributed by atoms with van der Waals surface area (Å²) in [5, 5.41) is 3.12. The second kappa shape index (κ2) is 7.58. The van der Waals surface area contributed by atoms with Gasteiger partial charge in [0.25, 0.3) is 0 Å². The van der Waals surface area contributed by atoms with Gasteiger partial charge < -0.3 is 14.8 Å². The lowest BCUT2D eigenvalue weighted by Gasteiger charge is -2.17. The Morgan fingerprint density at radius 1 is 1.15 bits per heavy atom. The summed E-state index contributed by atoms with van der Waals surface area (Å²) in [4.78, 5) is 35.9. The zero-order chi connectivity index (χ0) is 18.7. The van der Waals surface area contributed by atoms with Gasteiger partial charge in [0, 0.05) is 22.7 Å². The Hall–Kier alpha value is -2.86. The molecular formula is C19H16ClNO5. The molecule has 1 aliphatic heterocycles. The van der Waals surface area contributed by atoms with Gasteiger partial charge in [0.05, 0.1) is 7.11 Å². The Morgan fingerprint density at radius 2 is 1.96 bits per heavy atom. The molecular weight excluding hydrogens is 358 g/mol. The van der Waals surface area contributed by atoms with Crippen LogP contribution in [0.3, 0.4) is 0 Å². The lowest BCUT2D eigenvalue weighted by atomic mass is 9.99. The lowest BCUT2D eigenvalue weighted by molar-refractivity contribution is -0.116. The molecule has 0 spiro atoms. The standard InChI is InChI=1S/C19H16ClNO5/c1-25-17-6-4-13(20)9-14(17)19(24)26-10-16(22)12-2-5-15-11(8-12)3-7-18(23)21-15/h2,4-6,8-9H,3,7,10H2,1H3,(H,21,23). The number of amides is 1. The topological polar surface area (TPSA) is 81.7 Å². The number of benzene rings is 2. The van der Waals surface area contributed by atoms with Crippen molar-refractivity contribution >= 4 is 34.9 Å². The molecule has 0 aromatic heterocycles. The highest BCUT2D eigenvalue weighted by molar-refractivity contribution is 6.31. The van der Waals surface area contributed by atoms with Gasteiger partial charge in [0.2, 0.25) is 5.91 Å². The van der Waals surface area contributed by atoms with E-state index in [9.17, 15) is 14.4 Å². The molecule has 1 heterocycles. The summed E-state index contributed by atoms with van der Waals surface area (Å²) in [6.45, 7) is -0.403. The fourth-order valence-corrected chi connectivity index (χ4v) is 2.86. The highest BCUT2D eigenvalue weighted by Gasteiger charge is 2.19. The smallest absolute Gasteiger partial charge is 0.342 e. The largest absolute Gasteiger partial charge is 0.496 e. The zero-order valence-corrected chi connectivity index (χ0v) is 14.8. The third-order valence-electron chi connectivity index (χ3n) is 4.04. The molecule has 1 aliphatic rings. The van der Waals surface area contributed by atoms with Crippen molar-refractivity contribution < 1.29 is 23.9 Å². The van der Waals surface area contributed by atoms with Gasteiger partial charge in [-0.3, -0.25) is 9.59 Å². The van der Waals surface area contributed by atoms with Crippen LogP contribution >= 0.6 is 11.6 Å². The number of Topliss-reactive ketones (excluding diaryl/α,β-unsaturated/α-hetero) is 1. The van der Waals surface area contributed by atoms with Gasteiger partial charge in [-0.1, -0.05) is 11.6 Å². The molecule has 2 aromatic rings. The Bertz CT molecular complexity index is 893. The highest BCUT2D eigenvalue weighted by atomic mass is 35.5. The van der Waals surface area contributed by atoms with E-state index in [1.165, 1.54) is 13.2 Å². The average Bonchev–Trinajstić information content (AvgIpc) is 2.65. The predicted molar refractivity (Wildman–Crippen MR) is 96.0 cm³/mol. The Balaban J connectivity index is 1.68. The number of anilines is 1. The number of ketones is 1. The van der Waals surface area contributed by atoms with Crippen molar-refractivity contribution in [3.63, 3.8) is 0 Å². The normalized spacial score (nSPS) is 12.8. The minimum Gasteiger partial charge on any atom is -0.496 e. The third kappa shape index (κ3) is 3.86. The van der Waals surface area contributed by atoms with Crippen LogP contribution in [0.25, 0.3) is 0 Å². The van der Waals surface area contributed by atoms with Gasteiger partial charge in [-0.2, -0.15) is 0 Å². The molecule has 7 heteroatoms. The van der Waals surface area contributed by atoms with E-state index in [-0.39, 0.29) is 17.3 Å². The molecule has 0 radical (unpaired) electrons. The zero-order valence-electron chi connectivity index (χ0n) is 14.0. The van der Waals surface area contributed by atoms with Crippen LogP contribution in [0.15, 0.2) is 36.4 Å². The van der Waals surface area contributed by atoms with Crippen LogP contribution in [0.4, 0.5) is 5.69 Å². The molecule has 0 aliphatic carbocycles. The summed E-state index contributed by atoms with van der Waals surface area (Å²) in [5.74, 6) is -0.751. The van der Waals surface area contributed by atoms with E-state index < -0.39 is 12.6 Å². The first-order chi connectivity index (χ1) is 12.5. The molecule has 0 saturated heterocycles. The number of carbonyl (C=O) groups excluding carboxylic acids is 3. The molecule has 26 heavy (non-hydrogen) atoms. The number of rotatable bonds is 5. The molecule has 2 aromatic carbocycles. The highest BCUT2D eigenvalue weighted by Crippen LogP contribution is 2.25. The summed E-state index contributed by atoms with van der Waals surface area (Å²) in [7, 11) is 1.43. The van der Waals surface area contributed by atoms with Crippen molar-refractivity contribution in [2.45, 2.75) is 12.8 Å². The lowest BCUT2D eigenvalue weighted by Crippen LogP contribution is -2.20. The molecule has 0 saturated carbocycles. The van der Waals surface area contributed by atoms with Gasteiger partial charge in [-0.05, 0) is 48.4 Å². The molecule has 0 atom stereocenters. The second-order valence-corrected chi connectivity index (χ2v) is 6.20. The maximum absolute atomic E-state index is 12.3. The number of aryl methyl sites for hydroxylation is 1. The Morgan fingerprint density at radius 3 is 2.73 bits per heavy atom. The molecule has 1 N–H and O–H groups in total. The molecule has 0 unspecified atom stereocenters. The maximum Gasteiger partial charge on any atom is 0.342 e. The molecule has 1 amide bonds. The molecule has 6 nitrogen and oxygen atoms in total. The number of ether oxygens (including phenoxy) is 2. The van der Waals surface area contributed by atoms with Crippen LogP contribution in [0.1, 0.15) is 32.7 Å². The fourth-order valence-electron chi connectivity index (χ4n) is 2.69. The van der Waals surface area contributed by atoms with Gasteiger partial charge in [0.1, 0.15) is 11.3 Å². The molecule has 134 valence electrons. The number of hydrogen-bond acceptors (Lipinski definition) is 5. The van der Waals surface area contributed by atoms with E-state index in [1.54, 1.807) is 30.3 Å². The van der Waals surface area contributed by atoms with E-state index in [2.05, 4.69) is 5.32 Å². The number of methoxy groups -OCH3 is 1. The molecule has 0 fully saturated rings. The van der Waals surface area contributed by atoms with Crippen molar-refractivity contribution in [1.82, 2.24) is 0 Å². The van der Waals surface area contributed by atoms with Gasteiger partial charge in [0.15, 0.2) is 12.4 Å². The monoisotopic (exact) mass is 373 g/mol. The van der Waals surface area contributed by atoms with Crippen LogP contribution in [0.5, 0.6) is 5.75 Å². The Labute approximate surface area is 155 Å². The fraction of sp³-hybridized carbons (Fsp3) is 0.211. The van der Waals surface area contributed by atoms with E-state index in [0.29, 0.717) is 34.9 Å². The molecule has 3 rings (SSSR count). The number of carbonyl (C=O) groups is 3. The quantitative estimate of drug-likeness (QED) is 0.642. The van der Waals surface area contributed by atoms with E-state index in [4.69, 9.17) is 21.1 Å². The number of nitrogens with one attached hydrogen (secondary N) is 1. The third-order valence-corrected chi connectivity index (χ3v) is 4.27. The van der Waals surface area contributed by atoms with Crippen LogP contribution < -0.4 is 10.1 Å². The van der Waals surface area contributed by atoms with Crippen molar-refractivity contribution in [2.24, 2.45) is 0 Å². The Kier molecular flexibility index (Phi) is 5.23. The van der Waals surface area contributed by atoms with E-state index >= 15 is 0 Å². The van der Waals surface area contributed by atoms with Gasteiger partial charge in [-0.15, -0.1) is 0 Å². The second-order valence-electron chi connectivity index (χ2n) is 5.76. The van der Waals surface area contributed by atoms with Gasteiger partial charge >= 0.3 is 5.97 Å². The summed E-state index contributed by atoms with van der Waals surface area (Å²) in [6.07, 6.45) is 0.954. The van der Waals surface area contributed by atoms with Crippen LogP contribution in [0.2, 0.25) is 5.02 Å². The first kappa shape index (κ1) is 17.9. The summed E-state index contributed by atoms with van der Waals surface area (Å²) >= 11 is 5.89. The van der Waals surface area contributed by atoms with Crippen molar-refractivity contribution in [3.05, 3.63) is 58.1 Å². The van der Waals surface area contributed by atoms with Crippen LogP contribution in [-0.2, 0) is 16.0 Å². The maximum atomic E-state index is 12.3. The minimum atomic E-state index is -0.692. The predicted octanol–water partition coefficient (Wildman–Crippen LogP) is 3.27. The van der Waals surface area contributed by atoms with Crippen molar-refractivity contribution in [3.8, 4) is 5.75 Å². The average molecular weight is 374 g/mol. The number of halogens is 1. The molecule has 0 bridgehead atoms. The summed E-state index contributed by atoms with van der Waals surface area (Å²) < 4.78 is 10.2. The van der Waals surface area contributed by atoms with Crippen LogP contribution in [-0.4, -0.2) is 31.4 Å². The minimum absolute atomic E-state index is 0.0408. The number of fused-ring (bicyclic) bond motifs is 1. The first-order valence-electron chi connectivity index (χ1n) is 7.94. The summed E-state index contributed by atoms with van der Waals surface area (Å²) in [6, 6.07) is 9.56. The van der Waals surface area contributed by atoms with E-state index in [0.717, 1.165) is 5.56 Å². The van der Waals surface area contributed by atoms with E-state index in [1.807, 2.05) is 0 Å². The first-order valence-corrected chi connectivity index (χ1v) is 8.32. The number of hydrogen-bond donors (Lipinski definition) is 1. The van der Waals surface area contributed by atoms with Crippen LogP contribution in [0, 0.1) is 0 Å². The summed E-state index contributed by atoms with van der Waals surface area (Å²) in [5.41, 5.74) is 2.17. The SMILES string of the molecule is COc1ccc(Cl)cc1C(=O)OCC(=O)c1ccc2c(c1)CCC(=O)N2. The van der Waals surface area contributed by atoms with Gasteiger partial charge in [-0.25, -0.2) is 4.79 Å². The number of esters is 1. The van der Waals surface area contributed by atoms with Crippen molar-refractivity contribution in [1.29, 1.82) is 0 Å². The van der Waals surface area contributed by atoms with Crippen molar-refractivity contribution in [2.75, 3.05) is 19.0 Å².